The molecule has 0 fully saturated rings. The topological polar surface area (TPSA) is 0 Å². The van der Waals surface area contributed by atoms with E-state index in [1.54, 1.807) is 11.1 Å². The van der Waals surface area contributed by atoms with Crippen molar-refractivity contribution in [3.8, 4) is 9.75 Å². The van der Waals surface area contributed by atoms with Gasteiger partial charge in [-0.25, -0.2) is 0 Å². The molecule has 2 heteroatoms. The second kappa shape index (κ2) is 19.5. The van der Waals surface area contributed by atoms with E-state index in [2.05, 4.69) is 71.4 Å². The quantitative estimate of drug-likeness (QED) is 0.135. The number of aryl methyl sites for hydroxylation is 2. The lowest BCUT2D eigenvalue weighted by Crippen LogP contribution is -2.01. The van der Waals surface area contributed by atoms with Crippen molar-refractivity contribution in [2.24, 2.45) is 29.6 Å². The van der Waals surface area contributed by atoms with Gasteiger partial charge in [0.15, 0.2) is 0 Å². The van der Waals surface area contributed by atoms with Crippen molar-refractivity contribution in [2.75, 3.05) is 0 Å². The van der Waals surface area contributed by atoms with Gasteiger partial charge in [-0.1, -0.05) is 126 Å². The predicted octanol–water partition coefficient (Wildman–Crippen LogP) is 13.2. The van der Waals surface area contributed by atoms with Crippen molar-refractivity contribution in [3.05, 3.63) is 34.0 Å². The van der Waals surface area contributed by atoms with E-state index in [1.165, 1.54) is 112 Å². The van der Waals surface area contributed by atoms with Gasteiger partial charge in [-0.05, 0) is 89.3 Å². The molecule has 2 aromatic rings. The first kappa shape index (κ1) is 33.6. The first-order valence-corrected chi connectivity index (χ1v) is 18.2. The lowest BCUT2D eigenvalue weighted by Gasteiger charge is -2.14. The van der Waals surface area contributed by atoms with Gasteiger partial charge in [0.25, 0.3) is 0 Å². The zero-order valence-corrected chi connectivity index (χ0v) is 28.0. The molecule has 0 saturated heterocycles. The lowest BCUT2D eigenvalue weighted by molar-refractivity contribution is 0.393. The van der Waals surface area contributed by atoms with Crippen molar-refractivity contribution < 1.29 is 0 Å². The summed E-state index contributed by atoms with van der Waals surface area (Å²) < 4.78 is 0. The van der Waals surface area contributed by atoms with E-state index in [4.69, 9.17) is 0 Å². The standard InChI is InChI=1S/C36H62S2/c1-8-9-14-29(4)16-11-18-31(6)20-22-33-24-35(37-26-33)36-25-34(27-38-36)23-21-32(7)19-12-17-30(5)15-10-13-28(2)3/h24-32H,8-23H2,1-7H3. The highest BCUT2D eigenvalue weighted by Crippen LogP contribution is 2.34. The number of unbranched alkanes of at least 4 members (excludes halogenated alkanes) is 1. The molecule has 4 atom stereocenters. The molecule has 0 amide bonds. The van der Waals surface area contributed by atoms with E-state index in [1.807, 2.05) is 22.7 Å². The fraction of sp³-hybridized carbons (Fsp3) is 0.778. The minimum Gasteiger partial charge on any atom is -0.143 e. The maximum Gasteiger partial charge on any atom is 0.0445 e. The fourth-order valence-corrected chi connectivity index (χ4v) is 7.74. The van der Waals surface area contributed by atoms with Crippen LogP contribution in [0.5, 0.6) is 0 Å². The van der Waals surface area contributed by atoms with Crippen molar-refractivity contribution in [1.82, 2.24) is 0 Å². The third kappa shape index (κ3) is 14.7. The molecule has 0 N–H and O–H groups in total. The zero-order valence-electron chi connectivity index (χ0n) is 26.3. The zero-order chi connectivity index (χ0) is 27.8. The average Bonchev–Trinajstić information content (AvgIpc) is 3.54. The van der Waals surface area contributed by atoms with Crippen LogP contribution in [-0.4, -0.2) is 0 Å². The van der Waals surface area contributed by atoms with Gasteiger partial charge in [-0.2, -0.15) is 0 Å². The lowest BCUT2D eigenvalue weighted by atomic mass is 9.91. The fourth-order valence-electron chi connectivity index (χ4n) is 5.73. The van der Waals surface area contributed by atoms with Crippen molar-refractivity contribution >= 4 is 22.7 Å². The Bertz CT molecular complexity index is 828. The van der Waals surface area contributed by atoms with E-state index >= 15 is 0 Å². The first-order chi connectivity index (χ1) is 18.3. The van der Waals surface area contributed by atoms with Crippen LogP contribution in [-0.2, 0) is 12.8 Å². The summed E-state index contributed by atoms with van der Waals surface area (Å²) in [5.41, 5.74) is 3.10. The van der Waals surface area contributed by atoms with Crippen LogP contribution in [0.3, 0.4) is 0 Å². The summed E-state index contributed by atoms with van der Waals surface area (Å²) in [6.07, 6.45) is 22.0. The van der Waals surface area contributed by atoms with E-state index in [0.29, 0.717) is 0 Å². The molecule has 38 heavy (non-hydrogen) atoms. The summed E-state index contributed by atoms with van der Waals surface area (Å²) >= 11 is 3.91. The molecule has 0 aliphatic carbocycles. The van der Waals surface area contributed by atoms with Crippen LogP contribution in [0.15, 0.2) is 22.9 Å². The highest BCUT2D eigenvalue weighted by molar-refractivity contribution is 7.20. The molecule has 2 aromatic heterocycles. The second-order valence-electron chi connectivity index (χ2n) is 13.5. The summed E-state index contributed by atoms with van der Waals surface area (Å²) in [7, 11) is 0. The van der Waals surface area contributed by atoms with Crippen LogP contribution in [0.25, 0.3) is 9.75 Å². The van der Waals surface area contributed by atoms with E-state index in [9.17, 15) is 0 Å². The molecule has 0 aliphatic rings. The number of hydrogen-bond donors (Lipinski definition) is 0. The predicted molar refractivity (Wildman–Crippen MR) is 177 cm³/mol. The molecule has 0 aliphatic heterocycles. The summed E-state index contributed by atoms with van der Waals surface area (Å²) in [6, 6.07) is 4.96. The number of thiophene rings is 2. The summed E-state index contributed by atoms with van der Waals surface area (Å²) in [5.74, 6) is 4.37. The smallest absolute Gasteiger partial charge is 0.0445 e. The van der Waals surface area contributed by atoms with Crippen LogP contribution in [0.4, 0.5) is 0 Å². The molecular weight excluding hydrogens is 497 g/mol. The Morgan fingerprint density at radius 3 is 1.26 bits per heavy atom. The molecule has 4 unspecified atom stereocenters. The Kier molecular flexibility index (Phi) is 17.2. The highest BCUT2D eigenvalue weighted by Gasteiger charge is 2.11. The van der Waals surface area contributed by atoms with Gasteiger partial charge in [0.05, 0.1) is 0 Å². The van der Waals surface area contributed by atoms with Gasteiger partial charge in [0.2, 0.25) is 0 Å². The highest BCUT2D eigenvalue weighted by atomic mass is 32.1. The van der Waals surface area contributed by atoms with Gasteiger partial charge in [-0.3, -0.25) is 0 Å². The second-order valence-corrected chi connectivity index (χ2v) is 15.3. The number of hydrogen-bond acceptors (Lipinski definition) is 2. The van der Waals surface area contributed by atoms with Gasteiger partial charge in [0, 0.05) is 9.75 Å². The van der Waals surface area contributed by atoms with Crippen LogP contribution in [0, 0.1) is 29.6 Å². The minimum absolute atomic E-state index is 0.844. The number of rotatable bonds is 22. The largest absolute Gasteiger partial charge is 0.143 e. The molecule has 0 aromatic carbocycles. The summed E-state index contributed by atoms with van der Waals surface area (Å²) in [6.45, 7) is 16.8. The van der Waals surface area contributed by atoms with Crippen LogP contribution < -0.4 is 0 Å². The Morgan fingerprint density at radius 2 is 0.868 bits per heavy atom. The molecule has 0 radical (unpaired) electrons. The molecule has 0 nitrogen and oxygen atoms in total. The molecule has 2 heterocycles. The van der Waals surface area contributed by atoms with E-state index in [0.717, 1.165) is 29.6 Å². The van der Waals surface area contributed by atoms with Crippen LogP contribution in [0.1, 0.15) is 149 Å². The Hall–Kier alpha value is -0.600. The third-order valence-electron chi connectivity index (χ3n) is 8.72. The maximum absolute atomic E-state index is 2.48. The third-order valence-corrected chi connectivity index (χ3v) is 10.9. The van der Waals surface area contributed by atoms with Crippen molar-refractivity contribution in [3.63, 3.8) is 0 Å². The summed E-state index contributed by atoms with van der Waals surface area (Å²) in [5, 5.41) is 4.84. The SMILES string of the molecule is CCCCC(C)CCCC(C)CCc1csc(-c2cc(CCC(C)CCCC(C)CCCC(C)C)cs2)c1. The normalized spacial score (nSPS) is 15.2. The average molecular weight is 559 g/mol. The first-order valence-electron chi connectivity index (χ1n) is 16.4. The van der Waals surface area contributed by atoms with Gasteiger partial charge in [-0.15, -0.1) is 22.7 Å². The van der Waals surface area contributed by atoms with E-state index < -0.39 is 0 Å². The molecule has 0 saturated carbocycles. The van der Waals surface area contributed by atoms with Crippen molar-refractivity contribution in [2.45, 2.75) is 151 Å². The minimum atomic E-state index is 0.844. The Morgan fingerprint density at radius 1 is 0.500 bits per heavy atom. The molecular formula is C36H62S2. The van der Waals surface area contributed by atoms with Gasteiger partial charge >= 0.3 is 0 Å². The molecule has 0 bridgehead atoms. The molecule has 2 rings (SSSR count). The van der Waals surface area contributed by atoms with Gasteiger partial charge < -0.3 is 0 Å². The Balaban J connectivity index is 1.63. The van der Waals surface area contributed by atoms with Gasteiger partial charge in [0.1, 0.15) is 0 Å². The van der Waals surface area contributed by atoms with Crippen molar-refractivity contribution in [1.29, 1.82) is 0 Å². The maximum atomic E-state index is 2.48. The monoisotopic (exact) mass is 558 g/mol. The van der Waals surface area contributed by atoms with E-state index in [-0.39, 0.29) is 0 Å². The van der Waals surface area contributed by atoms with Crippen LogP contribution >= 0.6 is 22.7 Å². The molecule has 218 valence electrons. The van der Waals surface area contributed by atoms with Crippen LogP contribution in [0.2, 0.25) is 0 Å². The summed E-state index contributed by atoms with van der Waals surface area (Å²) in [4.78, 5) is 2.96. The Labute approximate surface area is 246 Å². The molecule has 0 spiro atoms.